The summed E-state index contributed by atoms with van der Waals surface area (Å²) in [6.45, 7) is 13.7. The number of nitrogens with zero attached hydrogens (tertiary/aromatic N) is 2. The average Bonchev–Trinajstić information content (AvgIpc) is 3.36. The molecule has 0 fully saturated rings. The summed E-state index contributed by atoms with van der Waals surface area (Å²) in [7, 11) is 0. The first-order chi connectivity index (χ1) is 20.3. The minimum atomic E-state index is 0.152. The van der Waals surface area contributed by atoms with E-state index in [-0.39, 0.29) is 6.71 Å². The third kappa shape index (κ3) is 4.16. The third-order valence-electron chi connectivity index (χ3n) is 8.93. The second-order valence-corrected chi connectivity index (χ2v) is 12.8. The molecule has 0 aliphatic rings. The number of fused-ring (bicyclic) bond motifs is 5. The number of thiophene rings is 1. The molecule has 0 atom stereocenters. The molecule has 7 aromatic rings. The summed E-state index contributed by atoms with van der Waals surface area (Å²) in [5, 5.41) is 3.73. The Morgan fingerprint density at radius 1 is 0.595 bits per heavy atom. The molecular weight excluding hydrogens is 527 g/mol. The zero-order valence-electron chi connectivity index (χ0n) is 25.0. The van der Waals surface area contributed by atoms with Gasteiger partial charge in [-0.15, -0.1) is 11.3 Å². The number of pyridine rings is 2. The van der Waals surface area contributed by atoms with E-state index in [1.165, 1.54) is 69.9 Å². The highest BCUT2D eigenvalue weighted by molar-refractivity contribution is 7.26. The summed E-state index contributed by atoms with van der Waals surface area (Å²) in [4.78, 5) is 9.68. The molecule has 4 heteroatoms. The van der Waals surface area contributed by atoms with Crippen LogP contribution in [0.15, 0.2) is 91.3 Å². The summed E-state index contributed by atoms with van der Waals surface area (Å²) >= 11 is 1.84. The Hall–Kier alpha value is -4.28. The lowest BCUT2D eigenvalue weighted by molar-refractivity contribution is 1.32. The lowest BCUT2D eigenvalue weighted by Crippen LogP contribution is -2.57. The molecule has 0 radical (unpaired) electrons. The van der Waals surface area contributed by atoms with Gasteiger partial charge in [-0.2, -0.15) is 0 Å². The molecule has 42 heavy (non-hydrogen) atoms. The molecule has 3 heterocycles. The van der Waals surface area contributed by atoms with Crippen LogP contribution in [0.5, 0.6) is 0 Å². The van der Waals surface area contributed by atoms with Crippen molar-refractivity contribution in [3.63, 3.8) is 0 Å². The Bertz CT molecular complexity index is 2060. The van der Waals surface area contributed by atoms with E-state index in [0.29, 0.717) is 0 Å². The number of hydrogen-bond donors (Lipinski definition) is 0. The van der Waals surface area contributed by atoms with Gasteiger partial charge >= 0.3 is 0 Å². The molecule has 0 amide bonds. The van der Waals surface area contributed by atoms with Gasteiger partial charge in [-0.05, 0) is 53.7 Å². The fourth-order valence-corrected chi connectivity index (χ4v) is 8.33. The minimum absolute atomic E-state index is 0.152. The molecule has 0 spiro atoms. The number of hydrogen-bond acceptors (Lipinski definition) is 3. The van der Waals surface area contributed by atoms with Crippen LogP contribution in [0.1, 0.15) is 33.4 Å². The lowest BCUT2D eigenvalue weighted by atomic mass is 9.33. The predicted molar refractivity (Wildman–Crippen MR) is 184 cm³/mol. The first kappa shape index (κ1) is 26.6. The Morgan fingerprint density at radius 3 is 1.79 bits per heavy atom. The fraction of sp³-hybridized carbons (Fsp3) is 0.158. The Morgan fingerprint density at radius 2 is 1.17 bits per heavy atom. The van der Waals surface area contributed by atoms with Crippen LogP contribution >= 0.6 is 11.3 Å². The van der Waals surface area contributed by atoms with Crippen molar-refractivity contribution in [1.29, 1.82) is 0 Å². The first-order valence-electron chi connectivity index (χ1n) is 14.6. The van der Waals surface area contributed by atoms with E-state index in [1.54, 1.807) is 0 Å². The topological polar surface area (TPSA) is 25.8 Å². The smallest absolute Gasteiger partial charge is 0.243 e. The quantitative estimate of drug-likeness (QED) is 0.204. The SMILES string of the molecule is Cc1cccc(C)c1B(c1c(C)cccc1C)c1c(C)cc(-c2nc3cnccc3c3c2sc2ccccc23)cc1C. The number of aryl methyl sites for hydroxylation is 6. The maximum Gasteiger partial charge on any atom is 0.243 e. The van der Waals surface area contributed by atoms with Crippen LogP contribution in [0.2, 0.25) is 0 Å². The predicted octanol–water partition coefficient (Wildman–Crippen LogP) is 8.03. The summed E-state index contributed by atoms with van der Waals surface area (Å²) in [6, 6.07) is 28.9. The van der Waals surface area contributed by atoms with Crippen molar-refractivity contribution >= 4 is 65.5 Å². The van der Waals surface area contributed by atoms with Crippen molar-refractivity contribution in [2.45, 2.75) is 41.5 Å². The zero-order valence-corrected chi connectivity index (χ0v) is 25.9. The molecule has 204 valence electrons. The van der Waals surface area contributed by atoms with Crippen LogP contribution in [-0.2, 0) is 0 Å². The minimum Gasteiger partial charge on any atom is -0.262 e. The van der Waals surface area contributed by atoms with Gasteiger partial charge in [0.2, 0.25) is 6.71 Å². The van der Waals surface area contributed by atoms with Gasteiger partial charge in [0.25, 0.3) is 0 Å². The van der Waals surface area contributed by atoms with Gasteiger partial charge in [0.1, 0.15) is 0 Å². The molecule has 2 nitrogen and oxygen atoms in total. The summed E-state index contributed by atoms with van der Waals surface area (Å²) < 4.78 is 2.53. The molecule has 7 rings (SSSR count). The van der Waals surface area contributed by atoms with Crippen molar-refractivity contribution < 1.29 is 0 Å². The van der Waals surface area contributed by atoms with Crippen molar-refractivity contribution in [3.8, 4) is 11.3 Å². The van der Waals surface area contributed by atoms with E-state index in [2.05, 4.69) is 125 Å². The van der Waals surface area contributed by atoms with Gasteiger partial charge in [-0.1, -0.05) is 116 Å². The highest BCUT2D eigenvalue weighted by atomic mass is 32.1. The number of benzene rings is 4. The van der Waals surface area contributed by atoms with Gasteiger partial charge in [0.05, 0.1) is 22.1 Å². The molecular formula is C38H33BN2S. The van der Waals surface area contributed by atoms with E-state index >= 15 is 0 Å². The van der Waals surface area contributed by atoms with Crippen LogP contribution < -0.4 is 16.4 Å². The van der Waals surface area contributed by atoms with Gasteiger partial charge in [-0.25, -0.2) is 4.98 Å². The highest BCUT2D eigenvalue weighted by Crippen LogP contribution is 2.42. The van der Waals surface area contributed by atoms with Crippen LogP contribution in [0.25, 0.3) is 42.3 Å². The third-order valence-corrected chi connectivity index (χ3v) is 10.1. The summed E-state index contributed by atoms with van der Waals surface area (Å²) in [5.74, 6) is 0. The van der Waals surface area contributed by atoms with E-state index in [1.807, 2.05) is 23.7 Å². The maximum atomic E-state index is 5.25. The molecule has 0 N–H and O–H groups in total. The van der Waals surface area contributed by atoms with Crippen LogP contribution in [0, 0.1) is 41.5 Å². The molecule has 0 saturated heterocycles. The van der Waals surface area contributed by atoms with Crippen LogP contribution in [-0.4, -0.2) is 16.7 Å². The van der Waals surface area contributed by atoms with Crippen molar-refractivity contribution in [3.05, 3.63) is 125 Å². The average molecular weight is 561 g/mol. The fourth-order valence-electron chi connectivity index (χ4n) is 7.10. The Balaban J connectivity index is 1.51. The standard InChI is InChI=1S/C38H33BN2S/c1-22-11-9-12-23(2)34(22)39(35-24(3)13-10-14-25(35)4)36-26(5)19-28(20-27(36)6)37-38-33(29-17-18-40-21-31(29)41-37)30-15-7-8-16-32(30)42-38/h7-21H,1-6H3. The molecule has 0 aliphatic carbocycles. The maximum absolute atomic E-state index is 5.25. The Kier molecular flexibility index (Phi) is 6.48. The van der Waals surface area contributed by atoms with Gasteiger partial charge in [-0.3, -0.25) is 4.98 Å². The van der Waals surface area contributed by atoms with Crippen molar-refractivity contribution in [2.24, 2.45) is 0 Å². The van der Waals surface area contributed by atoms with Crippen molar-refractivity contribution in [2.75, 3.05) is 0 Å². The molecule has 0 saturated carbocycles. The molecule has 3 aromatic heterocycles. The monoisotopic (exact) mass is 560 g/mol. The molecule has 0 bridgehead atoms. The van der Waals surface area contributed by atoms with Crippen molar-refractivity contribution in [1.82, 2.24) is 9.97 Å². The largest absolute Gasteiger partial charge is 0.262 e. The molecule has 4 aromatic carbocycles. The summed E-state index contributed by atoms with van der Waals surface area (Å²) in [5.41, 5.74) is 15.3. The van der Waals surface area contributed by atoms with E-state index in [9.17, 15) is 0 Å². The second-order valence-electron chi connectivity index (χ2n) is 11.7. The van der Waals surface area contributed by atoms with Crippen LogP contribution in [0.4, 0.5) is 0 Å². The normalized spacial score (nSPS) is 11.6. The zero-order chi connectivity index (χ0) is 29.1. The number of rotatable bonds is 4. The molecule has 0 aliphatic heterocycles. The number of aromatic nitrogens is 2. The van der Waals surface area contributed by atoms with Gasteiger partial charge in [0, 0.05) is 32.6 Å². The van der Waals surface area contributed by atoms with Gasteiger partial charge in [0.15, 0.2) is 0 Å². The van der Waals surface area contributed by atoms with Crippen LogP contribution in [0.3, 0.4) is 0 Å². The highest BCUT2D eigenvalue weighted by Gasteiger charge is 2.31. The second kappa shape index (κ2) is 10.2. The summed E-state index contributed by atoms with van der Waals surface area (Å²) in [6.07, 6.45) is 3.77. The van der Waals surface area contributed by atoms with E-state index in [0.717, 1.165) is 22.2 Å². The molecule has 0 unspecified atom stereocenters. The first-order valence-corrected chi connectivity index (χ1v) is 15.4. The lowest BCUT2D eigenvalue weighted by Gasteiger charge is -2.27. The van der Waals surface area contributed by atoms with E-state index in [4.69, 9.17) is 4.98 Å². The van der Waals surface area contributed by atoms with E-state index < -0.39 is 0 Å². The van der Waals surface area contributed by atoms with Gasteiger partial charge < -0.3 is 0 Å². The Labute approximate surface area is 252 Å².